The number of benzene rings is 3. The number of sulfone groups is 1. The molecule has 5 rings (SSSR count). The van der Waals surface area contributed by atoms with E-state index in [2.05, 4.69) is 5.10 Å². The molecule has 1 aliphatic rings. The number of para-hydroxylation sites is 1. The number of allylic oxidation sites excluding steroid dienone is 1. The van der Waals surface area contributed by atoms with Crippen molar-refractivity contribution in [2.75, 3.05) is 12.0 Å². The molecule has 10 heteroatoms. The number of fused-ring (bicyclic) bond motifs is 1. The van der Waals surface area contributed by atoms with E-state index >= 15 is 4.39 Å². The predicted octanol–water partition coefficient (Wildman–Crippen LogP) is 5.51. The molecule has 200 valence electrons. The zero-order chi connectivity index (χ0) is 28.1. The minimum Gasteiger partial charge on any atom is -0.454 e. The number of anilines is 1. The molecule has 0 saturated heterocycles. The van der Waals surface area contributed by atoms with E-state index in [1.807, 2.05) is 19.1 Å². The van der Waals surface area contributed by atoms with Crippen LogP contribution in [0.4, 0.5) is 14.6 Å². The first-order valence-electron chi connectivity index (χ1n) is 12.0. The smallest absolute Gasteiger partial charge is 0.194 e. The number of halogens is 2. The third-order valence-corrected chi connectivity index (χ3v) is 7.51. The maximum absolute atomic E-state index is 15.4. The molecule has 0 bridgehead atoms. The lowest BCUT2D eigenvalue weighted by Gasteiger charge is -2.13. The molecular weight excluding hydrogens is 524 g/mol. The van der Waals surface area contributed by atoms with Gasteiger partial charge < -0.3 is 10.5 Å². The van der Waals surface area contributed by atoms with Gasteiger partial charge in [0.05, 0.1) is 17.5 Å². The van der Waals surface area contributed by atoms with E-state index in [0.29, 0.717) is 17.6 Å². The molecule has 0 spiro atoms. The summed E-state index contributed by atoms with van der Waals surface area (Å²) in [7, 11) is -3.21. The van der Waals surface area contributed by atoms with Crippen LogP contribution in [0.3, 0.4) is 0 Å². The van der Waals surface area contributed by atoms with Gasteiger partial charge in [-0.2, -0.15) is 5.10 Å². The van der Waals surface area contributed by atoms with Crippen LogP contribution in [0.1, 0.15) is 38.2 Å². The predicted molar refractivity (Wildman–Crippen MR) is 145 cm³/mol. The number of carbonyl (C=O) groups excluding carboxylic acids is 1. The number of ether oxygens (including phenoxy) is 1. The van der Waals surface area contributed by atoms with Crippen molar-refractivity contribution in [1.29, 1.82) is 0 Å². The number of nitrogens with two attached hydrogens (primary N) is 1. The number of ketones is 1. The minimum absolute atomic E-state index is 0.00895. The molecule has 0 radical (unpaired) electrons. The summed E-state index contributed by atoms with van der Waals surface area (Å²) in [4.78, 5) is 13.4. The van der Waals surface area contributed by atoms with Crippen molar-refractivity contribution in [1.82, 2.24) is 9.78 Å². The van der Waals surface area contributed by atoms with Gasteiger partial charge in [-0.05, 0) is 66.4 Å². The highest BCUT2D eigenvalue weighted by Crippen LogP contribution is 2.34. The van der Waals surface area contributed by atoms with E-state index in [1.165, 1.54) is 49.7 Å². The first-order valence-corrected chi connectivity index (χ1v) is 14.1. The summed E-state index contributed by atoms with van der Waals surface area (Å²) >= 11 is 0. The van der Waals surface area contributed by atoms with Crippen molar-refractivity contribution in [2.45, 2.75) is 26.0 Å². The third-order valence-electron chi connectivity index (χ3n) is 6.67. The van der Waals surface area contributed by atoms with Gasteiger partial charge in [0.15, 0.2) is 33.0 Å². The van der Waals surface area contributed by atoms with Gasteiger partial charge in [0.25, 0.3) is 0 Å². The van der Waals surface area contributed by atoms with Crippen molar-refractivity contribution in [2.24, 2.45) is 0 Å². The molecule has 0 fully saturated rings. The fourth-order valence-electron chi connectivity index (χ4n) is 4.61. The Morgan fingerprint density at radius 1 is 1.10 bits per heavy atom. The van der Waals surface area contributed by atoms with Gasteiger partial charge in [0, 0.05) is 23.8 Å². The van der Waals surface area contributed by atoms with Crippen molar-refractivity contribution in [3.8, 4) is 17.2 Å². The van der Waals surface area contributed by atoms with Gasteiger partial charge in [-0.1, -0.05) is 24.3 Å². The lowest BCUT2D eigenvalue weighted by Crippen LogP contribution is -2.10. The molecule has 1 heterocycles. The average Bonchev–Trinajstić information content (AvgIpc) is 3.45. The van der Waals surface area contributed by atoms with E-state index in [1.54, 1.807) is 12.1 Å². The quantitative estimate of drug-likeness (QED) is 0.305. The van der Waals surface area contributed by atoms with Crippen LogP contribution in [0.15, 0.2) is 60.3 Å². The number of hydrogen-bond acceptors (Lipinski definition) is 6. The molecule has 2 N–H and O–H groups in total. The van der Waals surface area contributed by atoms with Gasteiger partial charge in [0.1, 0.15) is 17.3 Å². The number of carbonyl (C=O) groups is 1. The van der Waals surface area contributed by atoms with Crippen LogP contribution in [0.2, 0.25) is 0 Å². The van der Waals surface area contributed by atoms with E-state index in [0.717, 1.165) is 21.4 Å². The number of nitrogen functional groups attached to an aromatic ring is 1. The Morgan fingerprint density at radius 3 is 2.56 bits per heavy atom. The second-order valence-corrected chi connectivity index (χ2v) is 11.8. The highest BCUT2D eigenvalue weighted by Gasteiger charge is 2.26. The van der Waals surface area contributed by atoms with Gasteiger partial charge >= 0.3 is 0 Å². The van der Waals surface area contributed by atoms with Crippen molar-refractivity contribution in [3.63, 3.8) is 0 Å². The van der Waals surface area contributed by atoms with Crippen LogP contribution in [0, 0.1) is 25.5 Å². The molecular formula is C29H25F2N3O4S. The Kier molecular flexibility index (Phi) is 6.59. The van der Waals surface area contributed by atoms with Crippen molar-refractivity contribution >= 4 is 27.5 Å². The Balaban J connectivity index is 1.41. The summed E-state index contributed by atoms with van der Waals surface area (Å²) < 4.78 is 59.6. The second kappa shape index (κ2) is 9.77. The van der Waals surface area contributed by atoms with Crippen LogP contribution < -0.4 is 10.5 Å². The van der Waals surface area contributed by atoms with Gasteiger partial charge in [-0.25, -0.2) is 21.9 Å². The third kappa shape index (κ3) is 5.07. The number of nitrogens with zero attached hydrogens (tertiary/aromatic N) is 2. The van der Waals surface area contributed by atoms with Crippen LogP contribution in [0.5, 0.6) is 11.5 Å². The number of aryl methyl sites for hydroxylation is 1. The minimum atomic E-state index is -3.21. The monoisotopic (exact) mass is 549 g/mol. The lowest BCUT2D eigenvalue weighted by molar-refractivity contribution is 0.103. The number of hydrogen-bond donors (Lipinski definition) is 1. The zero-order valence-electron chi connectivity index (χ0n) is 21.5. The zero-order valence-corrected chi connectivity index (χ0v) is 22.3. The molecule has 39 heavy (non-hydrogen) atoms. The molecule has 0 unspecified atom stereocenters. The van der Waals surface area contributed by atoms with E-state index < -0.39 is 21.5 Å². The number of rotatable bonds is 7. The molecule has 0 saturated carbocycles. The standard InChI is InChI=1S/C29H25F2N3O4S/c1-16-10-18-11-20(12-19(18)13-21(16)15-39(3,36)37)28(35)22-14-33-34(29(22)32)24-8-9-25(17(2)27(24)31)38-26-7-5-4-6-23(26)30/h4-11,13-14H,12,15,32H2,1-3H3. The Bertz CT molecular complexity index is 1790. The molecule has 0 aliphatic heterocycles. The number of Topliss-reactive ketones (excluding diaryl/α,β-unsaturated/α-hetero) is 1. The summed E-state index contributed by atoms with van der Waals surface area (Å²) in [5.41, 5.74) is 10.2. The summed E-state index contributed by atoms with van der Waals surface area (Å²) in [6, 6.07) is 12.4. The fraction of sp³-hybridized carbons (Fsp3) is 0.172. The van der Waals surface area contributed by atoms with Gasteiger partial charge in [-0.15, -0.1) is 0 Å². The van der Waals surface area contributed by atoms with Crippen LogP contribution >= 0.6 is 0 Å². The highest BCUT2D eigenvalue weighted by atomic mass is 32.2. The topological polar surface area (TPSA) is 104 Å². The molecule has 3 aromatic carbocycles. The van der Waals surface area contributed by atoms with Gasteiger partial charge in [-0.3, -0.25) is 4.79 Å². The molecule has 0 amide bonds. The van der Waals surface area contributed by atoms with Crippen molar-refractivity contribution < 1.29 is 26.7 Å². The summed E-state index contributed by atoms with van der Waals surface area (Å²) in [5.74, 6) is -1.64. The molecule has 4 aromatic rings. The van der Waals surface area contributed by atoms with Gasteiger partial charge in [0.2, 0.25) is 0 Å². The maximum Gasteiger partial charge on any atom is 0.194 e. The normalized spacial score (nSPS) is 12.8. The first-order chi connectivity index (χ1) is 18.4. The lowest BCUT2D eigenvalue weighted by atomic mass is 10.0. The Hall–Kier alpha value is -4.31. The molecule has 1 aromatic heterocycles. The molecule has 7 nitrogen and oxygen atoms in total. The van der Waals surface area contributed by atoms with Crippen LogP contribution in [0.25, 0.3) is 11.8 Å². The summed E-state index contributed by atoms with van der Waals surface area (Å²) in [6.07, 6.45) is 4.54. The summed E-state index contributed by atoms with van der Waals surface area (Å²) in [6.45, 7) is 3.32. The Morgan fingerprint density at radius 2 is 1.85 bits per heavy atom. The van der Waals surface area contributed by atoms with Crippen molar-refractivity contribution in [3.05, 3.63) is 105 Å². The van der Waals surface area contributed by atoms with Crippen LogP contribution in [-0.4, -0.2) is 30.2 Å². The van der Waals surface area contributed by atoms with E-state index in [-0.39, 0.29) is 45.7 Å². The van der Waals surface area contributed by atoms with E-state index in [4.69, 9.17) is 10.5 Å². The maximum atomic E-state index is 15.4. The SMILES string of the molecule is Cc1cc2c(cc1CS(C)(=O)=O)CC(C(=O)c1cnn(-c3ccc(Oc4ccccc4F)c(C)c3F)c1N)=C2. The second-order valence-electron chi connectivity index (χ2n) is 9.63. The molecule has 0 atom stereocenters. The van der Waals surface area contributed by atoms with Crippen LogP contribution in [-0.2, 0) is 22.0 Å². The first kappa shape index (κ1) is 26.3. The fourth-order valence-corrected chi connectivity index (χ4v) is 5.49. The van der Waals surface area contributed by atoms with E-state index in [9.17, 15) is 17.6 Å². The largest absolute Gasteiger partial charge is 0.454 e. The molecule has 1 aliphatic carbocycles. The number of aromatic nitrogens is 2. The highest BCUT2D eigenvalue weighted by molar-refractivity contribution is 7.89. The average molecular weight is 550 g/mol. The Labute approximate surface area is 224 Å². The summed E-state index contributed by atoms with van der Waals surface area (Å²) in [5, 5.41) is 4.16.